The largest absolute Gasteiger partial charge is 0.380 e. The molecule has 11 heteroatoms. The van der Waals surface area contributed by atoms with Crippen LogP contribution in [0.4, 0.5) is 0 Å². The zero-order chi connectivity index (χ0) is 25.6. The minimum Gasteiger partial charge on any atom is -0.380 e. The summed E-state index contributed by atoms with van der Waals surface area (Å²) in [5, 5.41) is 14.0. The van der Waals surface area contributed by atoms with Crippen LogP contribution in [-0.2, 0) is 14.3 Å². The zero-order valence-electron chi connectivity index (χ0n) is 21.9. The molecule has 9 nitrogen and oxygen atoms in total. The van der Waals surface area contributed by atoms with Crippen molar-refractivity contribution in [3.63, 3.8) is 0 Å². The molecule has 1 saturated carbocycles. The average Bonchev–Trinajstić information content (AvgIpc) is 3.36. The highest BCUT2D eigenvalue weighted by atomic mass is 35.5. The Balaban J connectivity index is 1.14. The fourth-order valence-electron chi connectivity index (χ4n) is 6.92. The number of hydrogen-bond donors (Lipinski definition) is 4. The molecule has 5 fully saturated rings. The van der Waals surface area contributed by atoms with Crippen LogP contribution in [0.1, 0.15) is 32.6 Å². The molecule has 9 atom stereocenters. The number of carbonyl (C=O) groups is 2. The standard InChI is InChI=1S/C25H43ClN6O3S/c1-13-5-16(17-8-22(26)28-10-20(17)35-4)18(9-27-13)23(33)30-25-29-19-11-32(12-21(19)36-25)24(34)14-6-15(7-14)31(2)3/h13-22,25,27-29H,5-12H2,1-4H3,(H,30,33). The number of piperidine rings is 2. The van der Waals surface area contributed by atoms with Crippen molar-refractivity contribution in [3.8, 4) is 0 Å². The molecular weight excluding hydrogens is 500 g/mol. The smallest absolute Gasteiger partial charge is 0.226 e. The summed E-state index contributed by atoms with van der Waals surface area (Å²) >= 11 is 8.23. The molecule has 4 aliphatic heterocycles. The van der Waals surface area contributed by atoms with Gasteiger partial charge in [0.2, 0.25) is 11.8 Å². The highest BCUT2D eigenvalue weighted by molar-refractivity contribution is 8.00. The molecule has 0 radical (unpaired) electrons. The second kappa shape index (κ2) is 11.2. The van der Waals surface area contributed by atoms with Gasteiger partial charge in [0.25, 0.3) is 0 Å². The predicted molar refractivity (Wildman–Crippen MR) is 143 cm³/mol. The first-order valence-electron chi connectivity index (χ1n) is 13.5. The third-order valence-electron chi connectivity index (χ3n) is 9.24. The fourth-order valence-corrected chi connectivity index (χ4v) is 8.62. The molecule has 5 rings (SSSR count). The van der Waals surface area contributed by atoms with Crippen molar-refractivity contribution in [2.75, 3.05) is 47.4 Å². The van der Waals surface area contributed by atoms with E-state index in [1.54, 1.807) is 18.9 Å². The summed E-state index contributed by atoms with van der Waals surface area (Å²) in [4.78, 5) is 30.7. The van der Waals surface area contributed by atoms with Gasteiger partial charge in [-0.05, 0) is 58.5 Å². The van der Waals surface area contributed by atoms with Crippen molar-refractivity contribution >= 4 is 35.2 Å². The first-order valence-corrected chi connectivity index (χ1v) is 14.9. The topological polar surface area (TPSA) is 98.0 Å². The Hall–Kier alpha value is -0.620. The van der Waals surface area contributed by atoms with Crippen LogP contribution >= 0.6 is 23.4 Å². The molecule has 4 N–H and O–H groups in total. The summed E-state index contributed by atoms with van der Waals surface area (Å²) < 4.78 is 5.80. The van der Waals surface area contributed by atoms with Gasteiger partial charge in [0.1, 0.15) is 5.50 Å². The van der Waals surface area contributed by atoms with E-state index in [2.05, 4.69) is 47.2 Å². The SMILES string of the molecule is COC1CNC(Cl)CC1C1CC(C)NCC1C(=O)NC1NC2CN(C(=O)C3CC(N(C)C)C3)CC2S1. The number of ether oxygens (including phenoxy) is 1. The Morgan fingerprint density at radius 3 is 2.56 bits per heavy atom. The normalized spacial score (nSPS) is 44.8. The van der Waals surface area contributed by atoms with Gasteiger partial charge in [-0.3, -0.25) is 20.2 Å². The van der Waals surface area contributed by atoms with Gasteiger partial charge in [-0.25, -0.2) is 0 Å². The van der Waals surface area contributed by atoms with Gasteiger partial charge in [-0.1, -0.05) is 0 Å². The quantitative estimate of drug-likeness (QED) is 0.284. The van der Waals surface area contributed by atoms with Crippen molar-refractivity contribution in [2.24, 2.45) is 23.7 Å². The number of amides is 2. The van der Waals surface area contributed by atoms with Gasteiger partial charge in [0.15, 0.2) is 0 Å². The lowest BCUT2D eigenvalue weighted by Crippen LogP contribution is -2.57. The molecule has 0 spiro atoms. The van der Waals surface area contributed by atoms with Crippen molar-refractivity contribution in [1.82, 2.24) is 31.1 Å². The maximum Gasteiger partial charge on any atom is 0.226 e. The van der Waals surface area contributed by atoms with Crippen LogP contribution in [0, 0.1) is 23.7 Å². The highest BCUT2D eigenvalue weighted by Crippen LogP contribution is 2.39. The second-order valence-electron chi connectivity index (χ2n) is 11.7. The Morgan fingerprint density at radius 2 is 1.86 bits per heavy atom. The van der Waals surface area contributed by atoms with Gasteiger partial charge in [0, 0.05) is 62.6 Å². The number of thioether (sulfide) groups is 1. The Labute approximate surface area is 224 Å². The number of likely N-dealkylation sites (tertiary alicyclic amines) is 1. The first-order chi connectivity index (χ1) is 17.2. The number of carbonyl (C=O) groups excluding carboxylic acids is 2. The molecule has 4 heterocycles. The van der Waals surface area contributed by atoms with Crippen molar-refractivity contribution in [3.05, 3.63) is 0 Å². The third-order valence-corrected chi connectivity index (χ3v) is 10.9. The number of nitrogens with zero attached hydrogens (tertiary/aromatic N) is 2. The lowest BCUT2D eigenvalue weighted by molar-refractivity contribution is -0.139. The predicted octanol–water partition coefficient (Wildman–Crippen LogP) is 0.446. The van der Waals surface area contributed by atoms with Crippen molar-refractivity contribution in [2.45, 2.75) is 73.1 Å². The second-order valence-corrected chi connectivity index (χ2v) is 13.6. The molecule has 0 bridgehead atoms. The monoisotopic (exact) mass is 542 g/mol. The first kappa shape index (κ1) is 27.0. The molecule has 0 aromatic rings. The van der Waals surface area contributed by atoms with Crippen LogP contribution in [0.15, 0.2) is 0 Å². The van der Waals surface area contributed by atoms with E-state index in [4.69, 9.17) is 16.3 Å². The summed E-state index contributed by atoms with van der Waals surface area (Å²) in [5.74, 6) is 0.940. The summed E-state index contributed by atoms with van der Waals surface area (Å²) in [6.07, 6.45) is 3.75. The molecule has 36 heavy (non-hydrogen) atoms. The highest BCUT2D eigenvalue weighted by Gasteiger charge is 2.48. The lowest BCUT2D eigenvalue weighted by atomic mass is 9.70. The fraction of sp³-hybridized carbons (Fsp3) is 0.920. The molecule has 2 amide bonds. The Bertz CT molecular complexity index is 803. The summed E-state index contributed by atoms with van der Waals surface area (Å²) in [6, 6.07) is 1.13. The van der Waals surface area contributed by atoms with E-state index < -0.39 is 0 Å². The van der Waals surface area contributed by atoms with E-state index in [1.807, 2.05) is 4.90 Å². The molecule has 5 aliphatic rings. The van der Waals surface area contributed by atoms with Gasteiger partial charge < -0.3 is 25.2 Å². The summed E-state index contributed by atoms with van der Waals surface area (Å²) in [7, 11) is 5.93. The van der Waals surface area contributed by atoms with Crippen molar-refractivity contribution < 1.29 is 14.3 Å². The number of methoxy groups -OCH3 is 1. The van der Waals surface area contributed by atoms with Crippen LogP contribution < -0.4 is 21.3 Å². The van der Waals surface area contributed by atoms with Crippen LogP contribution in [0.5, 0.6) is 0 Å². The number of halogens is 1. The summed E-state index contributed by atoms with van der Waals surface area (Å²) in [6.45, 7) is 5.08. The van der Waals surface area contributed by atoms with E-state index in [9.17, 15) is 9.59 Å². The summed E-state index contributed by atoms with van der Waals surface area (Å²) in [5.41, 5.74) is -0.195. The minimum absolute atomic E-state index is 0.0659. The van der Waals surface area contributed by atoms with Crippen LogP contribution in [0.2, 0.25) is 0 Å². The average molecular weight is 543 g/mol. The number of alkyl halides is 1. The Morgan fingerprint density at radius 1 is 1.08 bits per heavy atom. The zero-order valence-corrected chi connectivity index (χ0v) is 23.5. The van der Waals surface area contributed by atoms with Gasteiger partial charge in [-0.2, -0.15) is 0 Å². The van der Waals surface area contributed by atoms with Crippen LogP contribution in [0.3, 0.4) is 0 Å². The third kappa shape index (κ3) is 5.55. The number of hydrogen-bond acceptors (Lipinski definition) is 8. The minimum atomic E-state index is -0.116. The van der Waals surface area contributed by atoms with Gasteiger partial charge >= 0.3 is 0 Å². The van der Waals surface area contributed by atoms with Gasteiger partial charge in [-0.15, -0.1) is 23.4 Å². The maximum atomic E-state index is 13.5. The van der Waals surface area contributed by atoms with E-state index >= 15 is 0 Å². The van der Waals surface area contributed by atoms with E-state index in [0.29, 0.717) is 29.8 Å². The Kier molecular flexibility index (Phi) is 8.42. The number of fused-ring (bicyclic) bond motifs is 1. The molecule has 9 unspecified atom stereocenters. The number of rotatable bonds is 6. The number of nitrogens with one attached hydrogen (secondary N) is 4. The lowest BCUT2D eigenvalue weighted by Gasteiger charge is -2.45. The molecule has 0 aromatic heterocycles. The molecule has 0 aromatic carbocycles. The van der Waals surface area contributed by atoms with E-state index in [0.717, 1.165) is 45.3 Å². The van der Waals surface area contributed by atoms with Crippen LogP contribution in [-0.4, -0.2) is 109 Å². The maximum absolute atomic E-state index is 13.5. The molecular formula is C25H43ClN6O3S. The van der Waals surface area contributed by atoms with E-state index in [-0.39, 0.29) is 52.7 Å². The van der Waals surface area contributed by atoms with Gasteiger partial charge in [0.05, 0.1) is 17.5 Å². The van der Waals surface area contributed by atoms with Crippen LogP contribution in [0.25, 0.3) is 0 Å². The van der Waals surface area contributed by atoms with Crippen molar-refractivity contribution in [1.29, 1.82) is 0 Å². The molecule has 204 valence electrons. The molecule has 1 aliphatic carbocycles. The molecule has 4 saturated heterocycles. The van der Waals surface area contributed by atoms with E-state index in [1.165, 1.54) is 0 Å².